The molecule has 1 nitrogen and oxygen atoms in total. The van der Waals surface area contributed by atoms with Crippen LogP contribution in [0.4, 0.5) is 0 Å². The van der Waals surface area contributed by atoms with E-state index in [4.69, 9.17) is 0 Å². The fourth-order valence-corrected chi connectivity index (χ4v) is 1.95. The van der Waals surface area contributed by atoms with Gasteiger partial charge in [0, 0.05) is 12.0 Å². The van der Waals surface area contributed by atoms with Crippen molar-refractivity contribution in [2.24, 2.45) is 0 Å². The van der Waals surface area contributed by atoms with Crippen molar-refractivity contribution in [3.05, 3.63) is 34.7 Å². The van der Waals surface area contributed by atoms with Gasteiger partial charge in [0.05, 0.1) is 0 Å². The number of carbonyl (C=O) groups is 1. The molecule has 0 radical (unpaired) electrons. The zero-order valence-electron chi connectivity index (χ0n) is 8.42. The van der Waals surface area contributed by atoms with Crippen molar-refractivity contribution in [2.75, 3.05) is 0 Å². The fourth-order valence-electron chi connectivity index (χ4n) is 1.95. The van der Waals surface area contributed by atoms with Gasteiger partial charge in [-0.1, -0.05) is 43.7 Å². The zero-order valence-corrected chi connectivity index (χ0v) is 8.42. The SMILES string of the molecule is CCCC1=c2ccccc2=CCC1=O. The molecule has 1 aliphatic carbocycles. The van der Waals surface area contributed by atoms with Gasteiger partial charge in [-0.25, -0.2) is 0 Å². The van der Waals surface area contributed by atoms with Gasteiger partial charge in [0.15, 0.2) is 5.78 Å². The Balaban J connectivity index is 2.71. The number of hydrogen-bond donors (Lipinski definition) is 0. The zero-order chi connectivity index (χ0) is 9.97. The Labute approximate surface area is 83.8 Å². The van der Waals surface area contributed by atoms with Gasteiger partial charge in [0.1, 0.15) is 0 Å². The lowest BCUT2D eigenvalue weighted by Gasteiger charge is -2.08. The van der Waals surface area contributed by atoms with E-state index in [0.717, 1.165) is 23.6 Å². The third-order valence-corrected chi connectivity index (χ3v) is 2.63. The Morgan fingerprint density at radius 1 is 1.29 bits per heavy atom. The molecule has 0 unspecified atom stereocenters. The molecule has 0 bridgehead atoms. The second kappa shape index (κ2) is 3.79. The first-order chi connectivity index (χ1) is 6.83. The van der Waals surface area contributed by atoms with E-state index in [1.807, 2.05) is 24.3 Å². The molecule has 1 aromatic rings. The Morgan fingerprint density at radius 2 is 2.07 bits per heavy atom. The first-order valence-corrected chi connectivity index (χ1v) is 5.14. The third kappa shape index (κ3) is 1.50. The molecule has 0 amide bonds. The van der Waals surface area contributed by atoms with Crippen LogP contribution in [0.25, 0.3) is 11.6 Å². The lowest BCUT2D eigenvalue weighted by molar-refractivity contribution is -0.113. The maximum atomic E-state index is 11.7. The van der Waals surface area contributed by atoms with E-state index in [0.29, 0.717) is 12.2 Å². The molecule has 1 aliphatic rings. The van der Waals surface area contributed by atoms with Crippen molar-refractivity contribution >= 4 is 17.4 Å². The first kappa shape index (κ1) is 9.20. The molecule has 0 aliphatic heterocycles. The van der Waals surface area contributed by atoms with Crippen LogP contribution in [0.2, 0.25) is 0 Å². The van der Waals surface area contributed by atoms with Crippen LogP contribution in [0.15, 0.2) is 24.3 Å². The summed E-state index contributed by atoms with van der Waals surface area (Å²) in [7, 11) is 0. The molecule has 0 spiro atoms. The molecule has 0 N–H and O–H groups in total. The summed E-state index contributed by atoms with van der Waals surface area (Å²) in [6.07, 6.45) is 4.54. The summed E-state index contributed by atoms with van der Waals surface area (Å²) in [5, 5.41) is 2.36. The van der Waals surface area contributed by atoms with E-state index in [-0.39, 0.29) is 0 Å². The summed E-state index contributed by atoms with van der Waals surface area (Å²) < 4.78 is 0. The number of benzene rings is 1. The van der Waals surface area contributed by atoms with Crippen LogP contribution in [0.5, 0.6) is 0 Å². The minimum Gasteiger partial charge on any atom is -0.294 e. The van der Waals surface area contributed by atoms with Gasteiger partial charge < -0.3 is 0 Å². The van der Waals surface area contributed by atoms with Crippen LogP contribution in [0.1, 0.15) is 26.2 Å². The lowest BCUT2D eigenvalue weighted by Crippen LogP contribution is -2.32. The van der Waals surface area contributed by atoms with E-state index >= 15 is 0 Å². The Kier molecular flexibility index (Phi) is 2.49. The molecule has 1 heteroatoms. The summed E-state index contributed by atoms with van der Waals surface area (Å²) in [5.41, 5.74) is 1.02. The smallest absolute Gasteiger partial charge is 0.163 e. The molecule has 0 heterocycles. The maximum absolute atomic E-state index is 11.7. The lowest BCUT2D eigenvalue weighted by atomic mass is 9.95. The molecule has 0 atom stereocenters. The van der Waals surface area contributed by atoms with Crippen molar-refractivity contribution in [2.45, 2.75) is 26.2 Å². The summed E-state index contributed by atoms with van der Waals surface area (Å²) >= 11 is 0. The number of rotatable bonds is 2. The van der Waals surface area contributed by atoms with Crippen LogP contribution in [-0.4, -0.2) is 5.78 Å². The minimum absolute atomic E-state index is 0.297. The quantitative estimate of drug-likeness (QED) is 0.682. The highest BCUT2D eigenvalue weighted by atomic mass is 16.1. The molecule has 0 aromatic heterocycles. The second-order valence-corrected chi connectivity index (χ2v) is 3.65. The fraction of sp³-hybridized carbons (Fsp3) is 0.308. The Bertz CT molecular complexity index is 468. The molecule has 0 saturated heterocycles. The van der Waals surface area contributed by atoms with Gasteiger partial charge in [-0.15, -0.1) is 0 Å². The van der Waals surface area contributed by atoms with Crippen molar-refractivity contribution in [1.29, 1.82) is 0 Å². The molecule has 0 fully saturated rings. The molecule has 72 valence electrons. The average molecular weight is 186 g/mol. The van der Waals surface area contributed by atoms with Gasteiger partial charge >= 0.3 is 0 Å². The first-order valence-electron chi connectivity index (χ1n) is 5.14. The summed E-state index contributed by atoms with van der Waals surface area (Å²) in [6, 6.07) is 8.15. The van der Waals surface area contributed by atoms with E-state index in [1.54, 1.807) is 0 Å². The van der Waals surface area contributed by atoms with E-state index in [2.05, 4.69) is 13.0 Å². The maximum Gasteiger partial charge on any atom is 0.163 e. The molecule has 0 saturated carbocycles. The molecule has 2 rings (SSSR count). The van der Waals surface area contributed by atoms with Crippen molar-refractivity contribution in [3.8, 4) is 0 Å². The normalized spacial score (nSPS) is 14.9. The van der Waals surface area contributed by atoms with Crippen LogP contribution in [0, 0.1) is 0 Å². The van der Waals surface area contributed by atoms with Crippen molar-refractivity contribution in [3.63, 3.8) is 0 Å². The second-order valence-electron chi connectivity index (χ2n) is 3.65. The largest absolute Gasteiger partial charge is 0.294 e. The summed E-state index contributed by atoms with van der Waals surface area (Å²) in [4.78, 5) is 11.7. The van der Waals surface area contributed by atoms with Gasteiger partial charge in [-0.3, -0.25) is 4.79 Å². The highest BCUT2D eigenvalue weighted by molar-refractivity contribution is 6.17. The molecule has 14 heavy (non-hydrogen) atoms. The molecular weight excluding hydrogens is 172 g/mol. The monoisotopic (exact) mass is 186 g/mol. The molecule has 1 aromatic carbocycles. The summed E-state index contributed by atoms with van der Waals surface area (Å²) in [5.74, 6) is 0.297. The molecular formula is C13H14O. The highest BCUT2D eigenvalue weighted by Crippen LogP contribution is 2.09. The number of fused-ring (bicyclic) bond motifs is 1. The van der Waals surface area contributed by atoms with Gasteiger partial charge in [0.2, 0.25) is 0 Å². The topological polar surface area (TPSA) is 17.1 Å². The Hall–Kier alpha value is -1.37. The number of carbonyl (C=O) groups excluding carboxylic acids is 1. The average Bonchev–Trinajstić information content (AvgIpc) is 2.23. The van der Waals surface area contributed by atoms with E-state index in [1.165, 1.54) is 5.22 Å². The van der Waals surface area contributed by atoms with E-state index in [9.17, 15) is 4.79 Å². The number of Topliss-reactive ketones (excluding diaryl/α,β-unsaturated/α-hetero) is 1. The summed E-state index contributed by atoms with van der Waals surface area (Å²) in [6.45, 7) is 2.11. The van der Waals surface area contributed by atoms with Crippen LogP contribution < -0.4 is 10.4 Å². The minimum atomic E-state index is 0.297. The van der Waals surface area contributed by atoms with Crippen LogP contribution >= 0.6 is 0 Å². The highest BCUT2D eigenvalue weighted by Gasteiger charge is 2.11. The number of hydrogen-bond acceptors (Lipinski definition) is 1. The van der Waals surface area contributed by atoms with Crippen LogP contribution in [0.3, 0.4) is 0 Å². The van der Waals surface area contributed by atoms with Crippen LogP contribution in [-0.2, 0) is 4.79 Å². The number of ketones is 1. The predicted molar refractivity (Wildman–Crippen MR) is 58.1 cm³/mol. The van der Waals surface area contributed by atoms with Crippen molar-refractivity contribution < 1.29 is 4.79 Å². The van der Waals surface area contributed by atoms with Gasteiger partial charge in [-0.05, 0) is 16.9 Å². The third-order valence-electron chi connectivity index (χ3n) is 2.63. The van der Waals surface area contributed by atoms with E-state index < -0.39 is 0 Å². The standard InChI is InChI=1S/C13H14O/c1-2-5-12-11-7-4-3-6-10(11)8-9-13(12)14/h3-4,6-8H,2,5,9H2,1H3. The Morgan fingerprint density at radius 3 is 2.86 bits per heavy atom. The van der Waals surface area contributed by atoms with Crippen molar-refractivity contribution in [1.82, 2.24) is 0 Å². The predicted octanol–water partition coefficient (Wildman–Crippen LogP) is 1.39. The van der Waals surface area contributed by atoms with Gasteiger partial charge in [0.25, 0.3) is 0 Å². The van der Waals surface area contributed by atoms with Gasteiger partial charge in [-0.2, -0.15) is 0 Å².